The van der Waals surface area contributed by atoms with Crippen LogP contribution in [-0.4, -0.2) is 39.0 Å². The number of methoxy groups -OCH3 is 1. The third kappa shape index (κ3) is 5.26. The van der Waals surface area contributed by atoms with Crippen molar-refractivity contribution >= 4 is 11.7 Å². The molecule has 1 saturated heterocycles. The van der Waals surface area contributed by atoms with E-state index in [9.17, 15) is 4.79 Å². The number of hydrogen-bond donors (Lipinski definition) is 1. The Morgan fingerprint density at radius 3 is 2.63 bits per heavy atom. The van der Waals surface area contributed by atoms with Gasteiger partial charge in [-0.25, -0.2) is 10.3 Å². The van der Waals surface area contributed by atoms with E-state index < -0.39 is 0 Å². The maximum atomic E-state index is 12.5. The monoisotopic (exact) mass is 481 g/mol. The van der Waals surface area contributed by atoms with Crippen LogP contribution in [0.5, 0.6) is 11.5 Å². The molecule has 2 aliphatic heterocycles. The summed E-state index contributed by atoms with van der Waals surface area (Å²) >= 11 is 0. The first kappa shape index (κ1) is 23.9. The number of hydrogen-bond acceptors (Lipinski definition) is 7. The first-order valence-electron chi connectivity index (χ1n) is 12.8. The normalized spacial score (nSPS) is 18.2. The summed E-state index contributed by atoms with van der Waals surface area (Å²) in [4.78, 5) is 17.9. The molecule has 2 aromatic carbocycles. The number of carbonyl (C=O) groups excluding carboxylic acids is 1. The minimum absolute atomic E-state index is 0.122. The van der Waals surface area contributed by atoms with E-state index in [1.165, 1.54) is 18.4 Å². The van der Waals surface area contributed by atoms with Crippen molar-refractivity contribution < 1.29 is 28.6 Å². The quantitative estimate of drug-likeness (QED) is 0.509. The second-order valence-electron chi connectivity index (χ2n) is 9.66. The summed E-state index contributed by atoms with van der Waals surface area (Å²) in [5.41, 5.74) is 9.08. The summed E-state index contributed by atoms with van der Waals surface area (Å²) in [5.74, 6) is 1.38. The molecule has 7 heteroatoms. The van der Waals surface area contributed by atoms with Crippen molar-refractivity contribution in [1.29, 1.82) is 0 Å². The minimum Gasteiger partial charge on any atom is -0.496 e. The molecule has 7 nitrogen and oxygen atoms in total. The van der Waals surface area contributed by atoms with Gasteiger partial charge in [0.05, 0.1) is 38.0 Å². The molecule has 2 fully saturated rings. The molecule has 1 aliphatic carbocycles. The molecule has 1 saturated carbocycles. The zero-order chi connectivity index (χ0) is 24.2. The van der Waals surface area contributed by atoms with Gasteiger partial charge < -0.3 is 23.8 Å². The van der Waals surface area contributed by atoms with Crippen LogP contribution in [0.3, 0.4) is 0 Å². The zero-order valence-electron chi connectivity index (χ0n) is 20.7. The standard InChI is InChI=1S/C28H35NO6/c1-18-26(31-2)16-25(24-11-14-33-27(18)24)23-8-7-21(15-20(23)17-34-22-5-3-4-6-22)29-35-28(30)19-9-12-32-13-10-19/h7-8,15-16,19,22,29H,3-6,9-14,17H2,1-2H3. The van der Waals surface area contributed by atoms with Crippen molar-refractivity contribution in [2.45, 2.75) is 64.6 Å². The zero-order valence-corrected chi connectivity index (χ0v) is 20.7. The Morgan fingerprint density at radius 1 is 1.06 bits per heavy atom. The highest BCUT2D eigenvalue weighted by molar-refractivity contribution is 5.79. The summed E-state index contributed by atoms with van der Waals surface area (Å²) in [6.07, 6.45) is 7.22. The second-order valence-corrected chi connectivity index (χ2v) is 9.66. The van der Waals surface area contributed by atoms with E-state index >= 15 is 0 Å². The van der Waals surface area contributed by atoms with Crippen LogP contribution < -0.4 is 15.0 Å². The van der Waals surface area contributed by atoms with Crippen molar-refractivity contribution in [1.82, 2.24) is 0 Å². The molecule has 0 aromatic heterocycles. The molecule has 0 amide bonds. The highest BCUT2D eigenvalue weighted by atomic mass is 16.7. The molecule has 5 rings (SSSR count). The average molecular weight is 482 g/mol. The van der Waals surface area contributed by atoms with Gasteiger partial charge in [0.15, 0.2) is 0 Å². The SMILES string of the molecule is COc1cc(-c2ccc(NOC(=O)C3CCOCC3)cc2COC2CCCC2)c2c(c1C)OCC2. The Morgan fingerprint density at radius 2 is 1.86 bits per heavy atom. The molecule has 0 bridgehead atoms. The third-order valence-electron chi connectivity index (χ3n) is 7.40. The summed E-state index contributed by atoms with van der Waals surface area (Å²) in [5, 5.41) is 0. The predicted octanol–water partition coefficient (Wildman–Crippen LogP) is 5.36. The average Bonchev–Trinajstić information content (AvgIpc) is 3.60. The van der Waals surface area contributed by atoms with E-state index in [1.807, 2.05) is 19.1 Å². The summed E-state index contributed by atoms with van der Waals surface area (Å²) in [7, 11) is 1.69. The Hall–Kier alpha value is -2.77. The molecule has 2 heterocycles. The van der Waals surface area contributed by atoms with E-state index in [0.29, 0.717) is 45.4 Å². The van der Waals surface area contributed by atoms with Crippen molar-refractivity contribution in [3.63, 3.8) is 0 Å². The van der Waals surface area contributed by atoms with E-state index in [0.717, 1.165) is 58.7 Å². The van der Waals surface area contributed by atoms with Crippen LogP contribution >= 0.6 is 0 Å². The number of fused-ring (bicyclic) bond motifs is 1. The highest BCUT2D eigenvalue weighted by Crippen LogP contribution is 2.44. The van der Waals surface area contributed by atoms with E-state index in [2.05, 4.69) is 17.6 Å². The van der Waals surface area contributed by atoms with Crippen molar-refractivity contribution in [3.05, 3.63) is 41.0 Å². The maximum absolute atomic E-state index is 12.5. The first-order valence-corrected chi connectivity index (χ1v) is 12.8. The smallest absolute Gasteiger partial charge is 0.335 e. The largest absolute Gasteiger partial charge is 0.496 e. The molecule has 0 unspecified atom stereocenters. The van der Waals surface area contributed by atoms with Gasteiger partial charge in [-0.2, -0.15) is 0 Å². The first-order chi connectivity index (χ1) is 17.1. The molecule has 0 atom stereocenters. The van der Waals surface area contributed by atoms with Gasteiger partial charge in [-0.1, -0.05) is 18.9 Å². The van der Waals surface area contributed by atoms with Crippen molar-refractivity contribution in [2.24, 2.45) is 5.92 Å². The lowest BCUT2D eigenvalue weighted by Crippen LogP contribution is -2.26. The Labute approximate surface area is 207 Å². The van der Waals surface area contributed by atoms with Gasteiger partial charge in [-0.3, -0.25) is 0 Å². The van der Waals surface area contributed by atoms with Gasteiger partial charge in [0.1, 0.15) is 11.5 Å². The van der Waals surface area contributed by atoms with Crippen LogP contribution in [0.4, 0.5) is 5.69 Å². The Balaban J connectivity index is 1.42. The van der Waals surface area contributed by atoms with Gasteiger partial charge in [0.2, 0.25) is 0 Å². The number of benzene rings is 2. The lowest BCUT2D eigenvalue weighted by atomic mass is 9.92. The van der Waals surface area contributed by atoms with Gasteiger partial charge in [0.25, 0.3) is 0 Å². The molecule has 0 radical (unpaired) electrons. The number of carbonyl (C=O) groups is 1. The molecule has 0 spiro atoms. The second kappa shape index (κ2) is 10.9. The molecule has 2 aromatic rings. The topological polar surface area (TPSA) is 75.3 Å². The van der Waals surface area contributed by atoms with E-state index in [1.54, 1.807) is 7.11 Å². The maximum Gasteiger partial charge on any atom is 0.335 e. The Kier molecular flexibility index (Phi) is 7.44. The van der Waals surface area contributed by atoms with Crippen LogP contribution in [-0.2, 0) is 32.1 Å². The molecule has 188 valence electrons. The van der Waals surface area contributed by atoms with Gasteiger partial charge >= 0.3 is 5.97 Å². The minimum atomic E-state index is -0.237. The van der Waals surface area contributed by atoms with Crippen molar-refractivity contribution in [3.8, 4) is 22.6 Å². The predicted molar refractivity (Wildman–Crippen MR) is 133 cm³/mol. The number of ether oxygens (including phenoxy) is 4. The van der Waals surface area contributed by atoms with E-state index in [-0.39, 0.29) is 11.9 Å². The summed E-state index contributed by atoms with van der Waals surface area (Å²) < 4.78 is 23.3. The molecular weight excluding hydrogens is 446 g/mol. The van der Waals surface area contributed by atoms with Crippen LogP contribution in [0.2, 0.25) is 0 Å². The number of nitrogens with one attached hydrogen (secondary N) is 1. The number of rotatable bonds is 8. The lowest BCUT2D eigenvalue weighted by Gasteiger charge is -2.21. The van der Waals surface area contributed by atoms with Crippen LogP contribution in [0, 0.1) is 12.8 Å². The van der Waals surface area contributed by atoms with Gasteiger partial charge in [0, 0.05) is 30.8 Å². The Bertz CT molecular complexity index is 1060. The van der Waals surface area contributed by atoms with Gasteiger partial charge in [-0.15, -0.1) is 0 Å². The fourth-order valence-corrected chi connectivity index (χ4v) is 5.37. The van der Waals surface area contributed by atoms with Gasteiger partial charge in [-0.05, 0) is 67.5 Å². The van der Waals surface area contributed by atoms with Crippen LogP contribution in [0.25, 0.3) is 11.1 Å². The fourth-order valence-electron chi connectivity index (χ4n) is 5.37. The van der Waals surface area contributed by atoms with Crippen molar-refractivity contribution in [2.75, 3.05) is 32.4 Å². The lowest BCUT2D eigenvalue weighted by molar-refractivity contribution is -0.148. The molecule has 3 aliphatic rings. The molecule has 35 heavy (non-hydrogen) atoms. The molecular formula is C28H35NO6. The third-order valence-corrected chi connectivity index (χ3v) is 7.40. The van der Waals surface area contributed by atoms with E-state index in [4.69, 9.17) is 23.8 Å². The number of anilines is 1. The fraction of sp³-hybridized carbons (Fsp3) is 0.536. The highest BCUT2D eigenvalue weighted by Gasteiger charge is 2.26. The summed E-state index contributed by atoms with van der Waals surface area (Å²) in [6, 6.07) is 8.15. The molecule has 1 N–H and O–H groups in total. The van der Waals surface area contributed by atoms with Crippen LogP contribution in [0.1, 0.15) is 55.2 Å². The van der Waals surface area contributed by atoms with Crippen LogP contribution in [0.15, 0.2) is 24.3 Å². The summed E-state index contributed by atoms with van der Waals surface area (Å²) in [6.45, 7) is 4.41.